The van der Waals surface area contributed by atoms with Gasteiger partial charge >= 0.3 is 0 Å². The van der Waals surface area contributed by atoms with Gasteiger partial charge in [0.25, 0.3) is 0 Å². The maximum atomic E-state index is 13.8. The highest BCUT2D eigenvalue weighted by molar-refractivity contribution is 9.10. The monoisotopic (exact) mass is 357 g/mol. The summed E-state index contributed by atoms with van der Waals surface area (Å²) in [6.45, 7) is -0.253. The van der Waals surface area contributed by atoms with Crippen LogP contribution in [0, 0.1) is 11.6 Å². The zero-order valence-electron chi connectivity index (χ0n) is 10.2. The number of hydrogen-bond acceptors (Lipinski definition) is 2. The molecule has 0 unspecified atom stereocenters. The van der Waals surface area contributed by atoms with Crippen molar-refractivity contribution in [2.75, 3.05) is 0 Å². The van der Waals surface area contributed by atoms with Gasteiger partial charge in [-0.3, -0.25) is 0 Å². The van der Waals surface area contributed by atoms with Crippen molar-refractivity contribution in [3.8, 4) is 5.75 Å². The van der Waals surface area contributed by atoms with Crippen molar-refractivity contribution in [3.63, 3.8) is 0 Å². The molecule has 0 aromatic heterocycles. The highest BCUT2D eigenvalue weighted by atomic mass is 79.9. The molecule has 0 saturated heterocycles. The highest BCUT2D eigenvalue weighted by Crippen LogP contribution is 2.24. The van der Waals surface area contributed by atoms with E-state index in [9.17, 15) is 8.78 Å². The molecule has 2 nitrogen and oxygen atoms in total. The van der Waals surface area contributed by atoms with Gasteiger partial charge in [-0.05, 0) is 40.2 Å². The van der Waals surface area contributed by atoms with E-state index in [0.717, 1.165) is 0 Å². The van der Waals surface area contributed by atoms with Gasteiger partial charge in [-0.2, -0.15) is 0 Å². The fourth-order valence-corrected chi connectivity index (χ4v) is 2.19. The molecule has 2 rings (SSSR count). The van der Waals surface area contributed by atoms with Gasteiger partial charge < -0.3 is 10.5 Å². The van der Waals surface area contributed by atoms with E-state index in [0.29, 0.717) is 11.3 Å². The smallest absolute Gasteiger partial charge is 0.146 e. The Morgan fingerprint density at radius 1 is 1.20 bits per heavy atom. The molecule has 2 aromatic rings. The van der Waals surface area contributed by atoms with E-state index < -0.39 is 11.6 Å². The second-order valence-corrected chi connectivity index (χ2v) is 5.26. The lowest BCUT2D eigenvalue weighted by Crippen LogP contribution is -2.12. The van der Waals surface area contributed by atoms with Crippen molar-refractivity contribution < 1.29 is 13.5 Å². The molecule has 0 aliphatic heterocycles. The minimum atomic E-state index is -0.683. The SMILES string of the molecule is NC(=S)c1ccccc1OCc1c(F)ccc(Br)c1F. The molecule has 2 aromatic carbocycles. The summed E-state index contributed by atoms with van der Waals surface area (Å²) in [7, 11) is 0. The summed E-state index contributed by atoms with van der Waals surface area (Å²) in [4.78, 5) is 0.163. The molecule has 0 radical (unpaired) electrons. The molecule has 0 amide bonds. The molecule has 0 atom stereocenters. The molecular weight excluding hydrogens is 348 g/mol. The first kappa shape index (κ1) is 14.9. The van der Waals surface area contributed by atoms with E-state index in [4.69, 9.17) is 22.7 Å². The summed E-state index contributed by atoms with van der Waals surface area (Å²) < 4.78 is 33.0. The number of ether oxygens (including phenoxy) is 1. The van der Waals surface area contributed by atoms with Gasteiger partial charge in [0.05, 0.1) is 15.6 Å². The van der Waals surface area contributed by atoms with E-state index in [1.807, 2.05) is 0 Å². The quantitative estimate of drug-likeness (QED) is 0.664. The van der Waals surface area contributed by atoms with Crippen LogP contribution < -0.4 is 10.5 Å². The van der Waals surface area contributed by atoms with E-state index in [-0.39, 0.29) is 21.6 Å². The molecule has 0 bridgehead atoms. The summed E-state index contributed by atoms with van der Waals surface area (Å²) in [6, 6.07) is 9.28. The first-order valence-corrected chi connectivity index (χ1v) is 6.85. The number of halogens is 3. The summed E-state index contributed by atoms with van der Waals surface area (Å²) in [5.41, 5.74) is 5.93. The van der Waals surface area contributed by atoms with Gasteiger partial charge in [-0.25, -0.2) is 8.78 Å². The average molecular weight is 358 g/mol. The lowest BCUT2D eigenvalue weighted by molar-refractivity contribution is 0.291. The van der Waals surface area contributed by atoms with Crippen molar-refractivity contribution in [1.82, 2.24) is 0 Å². The van der Waals surface area contributed by atoms with E-state index in [2.05, 4.69) is 15.9 Å². The van der Waals surface area contributed by atoms with Gasteiger partial charge in [0.15, 0.2) is 0 Å². The Morgan fingerprint density at radius 3 is 2.60 bits per heavy atom. The van der Waals surface area contributed by atoms with E-state index in [1.165, 1.54) is 12.1 Å². The van der Waals surface area contributed by atoms with Crippen molar-refractivity contribution in [1.29, 1.82) is 0 Å². The molecule has 104 valence electrons. The van der Waals surface area contributed by atoms with Crippen LogP contribution in [0.2, 0.25) is 0 Å². The number of rotatable bonds is 4. The second-order valence-electron chi connectivity index (χ2n) is 3.97. The average Bonchev–Trinajstić information content (AvgIpc) is 2.43. The number of thiocarbonyl (C=S) groups is 1. The lowest BCUT2D eigenvalue weighted by Gasteiger charge is -2.12. The maximum absolute atomic E-state index is 13.8. The molecule has 0 spiro atoms. The zero-order chi connectivity index (χ0) is 14.7. The number of hydrogen-bond donors (Lipinski definition) is 1. The fraction of sp³-hybridized carbons (Fsp3) is 0.0714. The Balaban J connectivity index is 2.26. The summed E-state index contributed by atoms with van der Waals surface area (Å²) >= 11 is 7.90. The van der Waals surface area contributed by atoms with Gasteiger partial charge in [-0.15, -0.1) is 0 Å². The van der Waals surface area contributed by atoms with Crippen LogP contribution in [0.4, 0.5) is 8.78 Å². The standard InChI is InChI=1S/C14H10BrF2NOS/c15-10-5-6-11(16)9(13(10)17)7-19-12-4-2-1-3-8(12)14(18)20/h1-6H,7H2,(H2,18,20). The minimum absolute atomic E-state index is 0.155. The van der Waals surface area contributed by atoms with Gasteiger partial charge in [0.2, 0.25) is 0 Å². The second kappa shape index (κ2) is 6.28. The topological polar surface area (TPSA) is 35.2 Å². The van der Waals surface area contributed by atoms with Crippen LogP contribution in [0.3, 0.4) is 0 Å². The predicted octanol–water partition coefficient (Wildman–Crippen LogP) is 3.94. The van der Waals surface area contributed by atoms with Crippen LogP contribution >= 0.6 is 28.1 Å². The predicted molar refractivity (Wildman–Crippen MR) is 80.7 cm³/mol. The zero-order valence-corrected chi connectivity index (χ0v) is 12.6. The molecule has 0 fully saturated rings. The summed E-state index contributed by atoms with van der Waals surface area (Å²) in [6.07, 6.45) is 0. The molecule has 6 heteroatoms. The Kier molecular flexibility index (Phi) is 4.67. The van der Waals surface area contributed by atoms with Crippen molar-refractivity contribution in [2.45, 2.75) is 6.61 Å². The normalized spacial score (nSPS) is 10.3. The van der Waals surface area contributed by atoms with Crippen molar-refractivity contribution in [2.24, 2.45) is 5.73 Å². The first-order valence-electron chi connectivity index (χ1n) is 5.64. The third kappa shape index (κ3) is 3.13. The fourth-order valence-electron chi connectivity index (χ4n) is 1.65. The minimum Gasteiger partial charge on any atom is -0.488 e. The molecule has 2 N–H and O–H groups in total. The molecule has 0 aliphatic carbocycles. The van der Waals surface area contributed by atoms with Crippen molar-refractivity contribution in [3.05, 3.63) is 63.6 Å². The number of nitrogens with two attached hydrogens (primary N) is 1. The first-order chi connectivity index (χ1) is 9.50. The van der Waals surface area contributed by atoms with Crippen LogP contribution in [-0.2, 0) is 6.61 Å². The molecule has 0 heterocycles. The Bertz CT molecular complexity index is 664. The third-order valence-electron chi connectivity index (χ3n) is 2.66. The van der Waals surface area contributed by atoms with Crippen LogP contribution in [0.1, 0.15) is 11.1 Å². The Hall–Kier alpha value is -1.53. The molecule has 0 aliphatic rings. The molecular formula is C14H10BrF2NOS. The molecule has 0 saturated carbocycles. The Morgan fingerprint density at radius 2 is 1.90 bits per heavy atom. The summed E-state index contributed by atoms with van der Waals surface area (Å²) in [5, 5.41) is 0. The van der Waals surface area contributed by atoms with Crippen LogP contribution in [0.25, 0.3) is 0 Å². The number of benzene rings is 2. The van der Waals surface area contributed by atoms with Crippen LogP contribution in [0.5, 0.6) is 5.75 Å². The summed E-state index contributed by atoms with van der Waals surface area (Å²) in [5.74, 6) is -0.963. The van der Waals surface area contributed by atoms with Crippen LogP contribution in [-0.4, -0.2) is 4.99 Å². The van der Waals surface area contributed by atoms with E-state index >= 15 is 0 Å². The van der Waals surface area contributed by atoms with Gasteiger partial charge in [0, 0.05) is 0 Å². The largest absolute Gasteiger partial charge is 0.488 e. The van der Waals surface area contributed by atoms with Gasteiger partial charge in [-0.1, -0.05) is 24.4 Å². The van der Waals surface area contributed by atoms with Crippen LogP contribution in [0.15, 0.2) is 40.9 Å². The highest BCUT2D eigenvalue weighted by Gasteiger charge is 2.14. The number of para-hydroxylation sites is 1. The Labute approximate surface area is 128 Å². The maximum Gasteiger partial charge on any atom is 0.146 e. The van der Waals surface area contributed by atoms with Crippen molar-refractivity contribution >= 4 is 33.1 Å². The molecule has 20 heavy (non-hydrogen) atoms. The van der Waals surface area contributed by atoms with Gasteiger partial charge in [0.1, 0.15) is 29.0 Å². The lowest BCUT2D eigenvalue weighted by atomic mass is 10.2. The third-order valence-corrected chi connectivity index (χ3v) is 3.50. The van der Waals surface area contributed by atoms with E-state index in [1.54, 1.807) is 24.3 Å².